The number of carbonyl (C=O) groups is 1. The average molecular weight is 549 g/mol. The first-order valence-electron chi connectivity index (χ1n) is 12.2. The van der Waals surface area contributed by atoms with Crippen LogP contribution in [0.1, 0.15) is 21.6 Å². The Hall–Kier alpha value is -3.69. The molecule has 0 unspecified atom stereocenters. The van der Waals surface area contributed by atoms with Crippen LogP contribution in [0.3, 0.4) is 0 Å². The molecule has 4 aromatic rings. The summed E-state index contributed by atoms with van der Waals surface area (Å²) in [6.07, 6.45) is 1.70. The fraction of sp³-hybridized carbons (Fsp3) is 0.214. The summed E-state index contributed by atoms with van der Waals surface area (Å²) < 4.78 is 14.2. The van der Waals surface area contributed by atoms with Crippen LogP contribution in [-0.2, 0) is 12.3 Å². The van der Waals surface area contributed by atoms with Gasteiger partial charge in [0.25, 0.3) is 5.91 Å². The number of pyridine rings is 1. The lowest BCUT2D eigenvalue weighted by Crippen LogP contribution is -2.47. The van der Waals surface area contributed by atoms with Gasteiger partial charge in [-0.3, -0.25) is 9.78 Å². The first-order chi connectivity index (χ1) is 18.5. The van der Waals surface area contributed by atoms with Gasteiger partial charge in [0, 0.05) is 49.8 Å². The highest BCUT2D eigenvalue weighted by Crippen LogP contribution is 2.27. The lowest BCUT2D eigenvalue weighted by Gasteiger charge is -2.36. The van der Waals surface area contributed by atoms with Crippen molar-refractivity contribution in [1.82, 2.24) is 20.3 Å². The average Bonchev–Trinajstić information content (AvgIpc) is 2.96. The van der Waals surface area contributed by atoms with Gasteiger partial charge in [0.15, 0.2) is 5.16 Å². The minimum Gasteiger partial charge on any atom is -0.366 e. The highest BCUT2D eigenvalue weighted by molar-refractivity contribution is 7.98. The normalized spacial score (nSPS) is 13.4. The Morgan fingerprint density at radius 1 is 0.947 bits per heavy atom. The number of benzene rings is 2. The van der Waals surface area contributed by atoms with E-state index in [-0.39, 0.29) is 11.7 Å². The quantitative estimate of drug-likeness (QED) is 0.184. The molecule has 3 heterocycles. The first-order valence-corrected chi connectivity index (χ1v) is 13.6. The van der Waals surface area contributed by atoms with Crippen LogP contribution in [0.5, 0.6) is 0 Å². The second kappa shape index (κ2) is 12.2. The van der Waals surface area contributed by atoms with Gasteiger partial charge < -0.3 is 15.1 Å². The molecule has 0 aliphatic carbocycles. The lowest BCUT2D eigenvalue weighted by atomic mass is 10.1. The number of aromatic nitrogens is 3. The summed E-state index contributed by atoms with van der Waals surface area (Å²) in [5.74, 6) is 0.975. The number of amides is 1. The number of nitrogens with one attached hydrogen (secondary N) is 1. The fourth-order valence-electron chi connectivity index (χ4n) is 4.22. The molecule has 0 radical (unpaired) electrons. The third kappa shape index (κ3) is 6.59. The molecule has 0 atom stereocenters. The van der Waals surface area contributed by atoms with E-state index < -0.39 is 0 Å². The highest BCUT2D eigenvalue weighted by Gasteiger charge is 2.21. The van der Waals surface area contributed by atoms with Crippen LogP contribution in [-0.4, -0.2) is 47.0 Å². The Labute approximate surface area is 230 Å². The molecule has 0 bridgehead atoms. The van der Waals surface area contributed by atoms with E-state index in [4.69, 9.17) is 16.6 Å². The molecule has 5 rings (SSSR count). The molecule has 38 heavy (non-hydrogen) atoms. The third-order valence-corrected chi connectivity index (χ3v) is 7.28. The van der Waals surface area contributed by atoms with Crippen LogP contribution in [0.2, 0.25) is 5.15 Å². The molecule has 2 aromatic carbocycles. The summed E-state index contributed by atoms with van der Waals surface area (Å²) in [5, 5.41) is 3.84. The number of nitrogens with zero attached hydrogens (tertiary/aromatic N) is 5. The van der Waals surface area contributed by atoms with Crippen molar-refractivity contribution in [2.45, 2.75) is 17.5 Å². The number of piperazine rings is 1. The van der Waals surface area contributed by atoms with Gasteiger partial charge in [-0.15, -0.1) is 0 Å². The molecule has 1 saturated heterocycles. The number of carbonyl (C=O) groups excluding carboxylic acids is 1. The highest BCUT2D eigenvalue weighted by atomic mass is 35.5. The standard InChI is InChI=1S/C28H26ClFN6OS/c29-25-17-26(36-14-12-35(13-15-36)24-10-2-1-9-23(24)30)34-28(33-25)38-19-20-6-5-7-21(16-20)27(37)32-18-22-8-3-4-11-31-22/h1-11,16-17H,12-15,18-19H2,(H,32,37). The molecular formula is C28H26ClFN6OS. The molecule has 1 aliphatic rings. The largest absolute Gasteiger partial charge is 0.366 e. The molecule has 7 nitrogen and oxygen atoms in total. The number of rotatable bonds is 8. The van der Waals surface area contributed by atoms with Crippen molar-refractivity contribution in [2.24, 2.45) is 0 Å². The SMILES string of the molecule is O=C(NCc1ccccn1)c1cccc(CSc2nc(Cl)cc(N3CCN(c4ccccc4F)CC3)n2)c1. The number of hydrogen-bond acceptors (Lipinski definition) is 7. The Kier molecular flexibility index (Phi) is 8.35. The minimum atomic E-state index is -0.209. The molecule has 1 aliphatic heterocycles. The van der Waals surface area contributed by atoms with Gasteiger partial charge in [-0.2, -0.15) is 0 Å². The molecule has 1 fully saturated rings. The van der Waals surface area contributed by atoms with Crippen LogP contribution in [0, 0.1) is 5.82 Å². The maximum atomic E-state index is 14.2. The van der Waals surface area contributed by atoms with Crippen molar-refractivity contribution in [3.05, 3.63) is 107 Å². The summed E-state index contributed by atoms with van der Waals surface area (Å²) in [4.78, 5) is 30.1. The Balaban J connectivity index is 1.19. The van der Waals surface area contributed by atoms with Gasteiger partial charge in [-0.25, -0.2) is 14.4 Å². The number of anilines is 2. The van der Waals surface area contributed by atoms with E-state index in [1.54, 1.807) is 30.5 Å². The first kappa shape index (κ1) is 25.9. The molecule has 194 valence electrons. The Bertz CT molecular complexity index is 1400. The van der Waals surface area contributed by atoms with Crippen molar-refractivity contribution in [1.29, 1.82) is 0 Å². The van der Waals surface area contributed by atoms with E-state index >= 15 is 0 Å². The zero-order chi connectivity index (χ0) is 26.3. The van der Waals surface area contributed by atoms with Gasteiger partial charge in [-0.1, -0.05) is 53.7 Å². The molecule has 10 heteroatoms. The molecule has 1 amide bonds. The maximum Gasteiger partial charge on any atom is 0.251 e. The monoisotopic (exact) mass is 548 g/mol. The lowest BCUT2D eigenvalue weighted by molar-refractivity contribution is 0.0950. The molecular weight excluding hydrogens is 523 g/mol. The number of halogens is 2. The zero-order valence-electron chi connectivity index (χ0n) is 20.6. The second-order valence-electron chi connectivity index (χ2n) is 8.75. The van der Waals surface area contributed by atoms with Crippen LogP contribution < -0.4 is 15.1 Å². The van der Waals surface area contributed by atoms with E-state index in [9.17, 15) is 9.18 Å². The predicted octanol–water partition coefficient (Wildman–Crippen LogP) is 5.21. The molecule has 0 spiro atoms. The van der Waals surface area contributed by atoms with Crippen molar-refractivity contribution < 1.29 is 9.18 Å². The van der Waals surface area contributed by atoms with Crippen LogP contribution in [0.4, 0.5) is 15.9 Å². The summed E-state index contributed by atoms with van der Waals surface area (Å²) in [6.45, 7) is 3.12. The van der Waals surface area contributed by atoms with E-state index in [0.717, 1.165) is 17.1 Å². The Morgan fingerprint density at radius 2 is 1.74 bits per heavy atom. The van der Waals surface area contributed by atoms with Gasteiger partial charge >= 0.3 is 0 Å². The van der Waals surface area contributed by atoms with Crippen LogP contribution in [0.15, 0.2) is 84.1 Å². The fourth-order valence-corrected chi connectivity index (χ4v) is 5.25. The van der Waals surface area contributed by atoms with Gasteiger partial charge in [0.1, 0.15) is 16.8 Å². The summed E-state index contributed by atoms with van der Waals surface area (Å²) in [5.41, 5.74) is 2.98. The zero-order valence-corrected chi connectivity index (χ0v) is 22.1. The van der Waals surface area contributed by atoms with E-state index in [1.807, 2.05) is 47.4 Å². The maximum absolute atomic E-state index is 14.2. The van der Waals surface area contributed by atoms with Gasteiger partial charge in [-0.05, 0) is 42.0 Å². The van der Waals surface area contributed by atoms with Crippen LogP contribution >= 0.6 is 23.4 Å². The summed E-state index contributed by atoms with van der Waals surface area (Å²) in [7, 11) is 0. The van der Waals surface area contributed by atoms with Crippen molar-refractivity contribution >= 4 is 40.8 Å². The Morgan fingerprint density at radius 3 is 2.53 bits per heavy atom. The third-order valence-electron chi connectivity index (χ3n) is 6.17. The van der Waals surface area contributed by atoms with Gasteiger partial charge in [0.2, 0.25) is 0 Å². The summed E-state index contributed by atoms with van der Waals surface area (Å²) >= 11 is 7.80. The van der Waals surface area contributed by atoms with Crippen molar-refractivity contribution in [3.8, 4) is 0 Å². The minimum absolute atomic E-state index is 0.154. The number of para-hydroxylation sites is 1. The summed E-state index contributed by atoms with van der Waals surface area (Å²) in [6, 6.07) is 21.7. The second-order valence-corrected chi connectivity index (χ2v) is 10.1. The van der Waals surface area contributed by atoms with E-state index in [0.29, 0.717) is 60.0 Å². The van der Waals surface area contributed by atoms with Gasteiger partial charge in [0.05, 0.1) is 17.9 Å². The number of thioether (sulfide) groups is 1. The topological polar surface area (TPSA) is 74.2 Å². The molecule has 2 aromatic heterocycles. The number of hydrogen-bond donors (Lipinski definition) is 1. The van der Waals surface area contributed by atoms with Crippen molar-refractivity contribution in [2.75, 3.05) is 36.0 Å². The molecule has 0 saturated carbocycles. The predicted molar refractivity (Wildman–Crippen MR) is 149 cm³/mol. The van der Waals surface area contributed by atoms with Crippen molar-refractivity contribution in [3.63, 3.8) is 0 Å². The van der Waals surface area contributed by atoms with Crippen LogP contribution in [0.25, 0.3) is 0 Å². The molecule has 1 N–H and O–H groups in total. The smallest absolute Gasteiger partial charge is 0.251 e. The van der Waals surface area contributed by atoms with E-state index in [1.165, 1.54) is 17.8 Å². The van der Waals surface area contributed by atoms with E-state index in [2.05, 4.69) is 20.2 Å².